The first kappa shape index (κ1) is 14.3. The van der Waals surface area contributed by atoms with Gasteiger partial charge in [-0.05, 0) is 36.8 Å². The van der Waals surface area contributed by atoms with Gasteiger partial charge in [0, 0.05) is 25.7 Å². The summed E-state index contributed by atoms with van der Waals surface area (Å²) in [7, 11) is 0. The van der Waals surface area contributed by atoms with Crippen LogP contribution < -0.4 is 5.32 Å². The van der Waals surface area contributed by atoms with E-state index in [9.17, 15) is 0 Å². The van der Waals surface area contributed by atoms with Crippen molar-refractivity contribution in [1.29, 1.82) is 0 Å². The monoisotopic (exact) mass is 244 g/mol. The summed E-state index contributed by atoms with van der Waals surface area (Å²) in [6, 6.07) is 0.778. The van der Waals surface area contributed by atoms with Crippen LogP contribution in [0.5, 0.6) is 0 Å². The van der Waals surface area contributed by atoms with Crippen LogP contribution in [0.3, 0.4) is 0 Å². The molecule has 0 aliphatic carbocycles. The molecule has 0 bridgehead atoms. The van der Waals surface area contributed by atoms with Gasteiger partial charge in [0.1, 0.15) is 0 Å². The summed E-state index contributed by atoms with van der Waals surface area (Å²) in [6.45, 7) is 11.8. The third kappa shape index (κ3) is 5.55. The van der Waals surface area contributed by atoms with E-state index in [1.165, 1.54) is 50.5 Å². The van der Waals surface area contributed by atoms with Crippen LogP contribution in [0.1, 0.15) is 33.6 Å². The number of hydrogen-bond donors (Lipinski definition) is 1. The molecule has 0 spiro atoms. The molecule has 0 saturated carbocycles. The van der Waals surface area contributed by atoms with Crippen molar-refractivity contribution in [2.45, 2.75) is 39.7 Å². The Kier molecular flexibility index (Phi) is 7.50. The van der Waals surface area contributed by atoms with Crippen LogP contribution in [0.15, 0.2) is 0 Å². The van der Waals surface area contributed by atoms with Gasteiger partial charge >= 0.3 is 0 Å². The summed E-state index contributed by atoms with van der Waals surface area (Å²) in [4.78, 5) is 2.70. The van der Waals surface area contributed by atoms with Crippen LogP contribution in [0.2, 0.25) is 0 Å². The molecule has 1 aliphatic heterocycles. The molecule has 0 aromatic rings. The van der Waals surface area contributed by atoms with E-state index in [2.05, 4.69) is 42.7 Å². The van der Waals surface area contributed by atoms with Gasteiger partial charge in [-0.3, -0.25) is 4.90 Å². The van der Waals surface area contributed by atoms with Gasteiger partial charge in [0.05, 0.1) is 0 Å². The predicted molar refractivity (Wildman–Crippen MR) is 75.3 cm³/mol. The summed E-state index contributed by atoms with van der Waals surface area (Å²) >= 11 is 2.07. The Balaban J connectivity index is 2.23. The first-order valence-electron chi connectivity index (χ1n) is 6.76. The zero-order chi connectivity index (χ0) is 11.8. The van der Waals surface area contributed by atoms with Gasteiger partial charge in [0.2, 0.25) is 0 Å². The van der Waals surface area contributed by atoms with Gasteiger partial charge in [0.25, 0.3) is 0 Å². The summed E-state index contributed by atoms with van der Waals surface area (Å²) in [5.74, 6) is 3.41. The van der Waals surface area contributed by atoms with E-state index in [0.29, 0.717) is 0 Å². The first-order chi connectivity index (χ1) is 7.74. The topological polar surface area (TPSA) is 15.3 Å². The van der Waals surface area contributed by atoms with Gasteiger partial charge in [0.15, 0.2) is 0 Å². The van der Waals surface area contributed by atoms with E-state index >= 15 is 0 Å². The van der Waals surface area contributed by atoms with Crippen LogP contribution >= 0.6 is 11.8 Å². The molecule has 0 amide bonds. The van der Waals surface area contributed by atoms with E-state index in [-0.39, 0.29) is 0 Å². The van der Waals surface area contributed by atoms with Crippen molar-refractivity contribution in [2.75, 3.05) is 37.7 Å². The third-order valence-corrected chi connectivity index (χ3v) is 4.14. The van der Waals surface area contributed by atoms with Crippen molar-refractivity contribution >= 4 is 11.8 Å². The standard InChI is InChI=1S/C13H28N2S/c1-4-16-9-5-7-15-8-6-14-11-13(15)10-12(2)3/h12-14H,4-11H2,1-3H3. The average molecular weight is 244 g/mol. The number of nitrogens with zero attached hydrogens (tertiary/aromatic N) is 1. The Bertz CT molecular complexity index is 173. The molecule has 1 heterocycles. The second-order valence-corrected chi connectivity index (χ2v) is 6.47. The van der Waals surface area contributed by atoms with Crippen molar-refractivity contribution < 1.29 is 0 Å². The van der Waals surface area contributed by atoms with Gasteiger partial charge < -0.3 is 5.32 Å². The maximum Gasteiger partial charge on any atom is 0.0223 e. The molecular weight excluding hydrogens is 216 g/mol. The molecule has 2 nitrogen and oxygen atoms in total. The molecular formula is C13H28N2S. The van der Waals surface area contributed by atoms with Crippen molar-refractivity contribution in [2.24, 2.45) is 5.92 Å². The molecule has 1 rings (SSSR count). The smallest absolute Gasteiger partial charge is 0.0223 e. The van der Waals surface area contributed by atoms with Crippen molar-refractivity contribution in [3.05, 3.63) is 0 Å². The van der Waals surface area contributed by atoms with Crippen LogP contribution in [0.25, 0.3) is 0 Å². The molecule has 1 fully saturated rings. The summed E-state index contributed by atoms with van der Waals surface area (Å²) in [6.07, 6.45) is 2.70. The summed E-state index contributed by atoms with van der Waals surface area (Å²) < 4.78 is 0. The van der Waals surface area contributed by atoms with Crippen LogP contribution in [0.4, 0.5) is 0 Å². The molecule has 1 N–H and O–H groups in total. The number of hydrogen-bond acceptors (Lipinski definition) is 3. The lowest BCUT2D eigenvalue weighted by Crippen LogP contribution is -2.51. The lowest BCUT2D eigenvalue weighted by atomic mass is 10.0. The highest BCUT2D eigenvalue weighted by molar-refractivity contribution is 7.99. The number of rotatable bonds is 7. The molecule has 0 aromatic heterocycles. The second-order valence-electron chi connectivity index (χ2n) is 5.07. The van der Waals surface area contributed by atoms with E-state index in [0.717, 1.165) is 12.0 Å². The molecule has 1 atom stereocenters. The van der Waals surface area contributed by atoms with Gasteiger partial charge in [-0.15, -0.1) is 0 Å². The van der Waals surface area contributed by atoms with Crippen molar-refractivity contribution in [1.82, 2.24) is 10.2 Å². The number of nitrogens with one attached hydrogen (secondary N) is 1. The molecule has 1 aliphatic rings. The molecule has 0 aromatic carbocycles. The lowest BCUT2D eigenvalue weighted by Gasteiger charge is -2.37. The van der Waals surface area contributed by atoms with E-state index < -0.39 is 0 Å². The van der Waals surface area contributed by atoms with E-state index in [4.69, 9.17) is 0 Å². The Morgan fingerprint density at radius 2 is 2.25 bits per heavy atom. The van der Waals surface area contributed by atoms with E-state index in [1.807, 2.05) is 0 Å². The quantitative estimate of drug-likeness (QED) is 0.693. The van der Waals surface area contributed by atoms with Crippen LogP contribution in [-0.2, 0) is 0 Å². The predicted octanol–water partition coefficient (Wildman–Crippen LogP) is 2.45. The Morgan fingerprint density at radius 3 is 2.94 bits per heavy atom. The molecule has 96 valence electrons. The van der Waals surface area contributed by atoms with Gasteiger partial charge in [-0.1, -0.05) is 20.8 Å². The number of piperazine rings is 1. The SMILES string of the molecule is CCSCCCN1CCNCC1CC(C)C. The molecule has 3 heteroatoms. The zero-order valence-corrected chi connectivity index (χ0v) is 12.0. The Labute approximate surface area is 106 Å². The highest BCUT2D eigenvalue weighted by Gasteiger charge is 2.21. The van der Waals surface area contributed by atoms with Crippen molar-refractivity contribution in [3.63, 3.8) is 0 Å². The number of thioether (sulfide) groups is 1. The lowest BCUT2D eigenvalue weighted by molar-refractivity contribution is 0.142. The fraction of sp³-hybridized carbons (Fsp3) is 1.00. The molecule has 0 radical (unpaired) electrons. The average Bonchev–Trinajstić information content (AvgIpc) is 2.26. The van der Waals surface area contributed by atoms with Gasteiger partial charge in [-0.25, -0.2) is 0 Å². The third-order valence-electron chi connectivity index (χ3n) is 3.15. The Morgan fingerprint density at radius 1 is 1.44 bits per heavy atom. The Hall–Kier alpha value is 0.270. The van der Waals surface area contributed by atoms with E-state index in [1.54, 1.807) is 0 Å². The zero-order valence-electron chi connectivity index (χ0n) is 11.2. The fourth-order valence-corrected chi connectivity index (χ4v) is 3.01. The van der Waals surface area contributed by atoms with Crippen LogP contribution in [0, 0.1) is 5.92 Å². The minimum Gasteiger partial charge on any atom is -0.314 e. The van der Waals surface area contributed by atoms with Gasteiger partial charge in [-0.2, -0.15) is 11.8 Å². The second kappa shape index (κ2) is 8.37. The normalized spacial score (nSPS) is 22.9. The first-order valence-corrected chi connectivity index (χ1v) is 7.92. The minimum absolute atomic E-state index is 0.778. The maximum atomic E-state index is 3.52. The fourth-order valence-electron chi connectivity index (χ4n) is 2.39. The summed E-state index contributed by atoms with van der Waals surface area (Å²) in [5.41, 5.74) is 0. The maximum absolute atomic E-state index is 3.52. The summed E-state index contributed by atoms with van der Waals surface area (Å²) in [5, 5.41) is 3.52. The largest absolute Gasteiger partial charge is 0.314 e. The minimum atomic E-state index is 0.778. The van der Waals surface area contributed by atoms with Crippen LogP contribution in [-0.4, -0.2) is 48.6 Å². The van der Waals surface area contributed by atoms with Crippen molar-refractivity contribution in [3.8, 4) is 0 Å². The molecule has 1 unspecified atom stereocenters. The molecule has 16 heavy (non-hydrogen) atoms. The highest BCUT2D eigenvalue weighted by atomic mass is 32.2. The highest BCUT2D eigenvalue weighted by Crippen LogP contribution is 2.14. The molecule has 1 saturated heterocycles.